The minimum absolute atomic E-state index is 0. The second-order valence-electron chi connectivity index (χ2n) is 4.20. The van der Waals surface area contributed by atoms with Crippen LogP contribution in [0.4, 0.5) is 52.7 Å². The van der Waals surface area contributed by atoms with E-state index in [0.717, 1.165) is 4.13 Å². The molecule has 0 atom stereocenters. The second kappa shape index (κ2) is 10.0. The molecule has 0 fully saturated rings. The van der Waals surface area contributed by atoms with E-state index in [2.05, 4.69) is 0 Å². The summed E-state index contributed by atoms with van der Waals surface area (Å²) >= 11 is 0. The maximum Gasteiger partial charge on any atom is 0.512 e. The average molecular weight is 641 g/mol. The van der Waals surface area contributed by atoms with E-state index < -0.39 is 65.8 Å². The van der Waals surface area contributed by atoms with Gasteiger partial charge in [-0.05, 0) is 0 Å². The monoisotopic (exact) mass is 639 g/mol. The number of rotatable bonds is 4. The number of sulfonamides is 4. The Morgan fingerprint density at radius 2 is 0.688 bits per heavy atom. The van der Waals surface area contributed by atoms with Gasteiger partial charge in [-0.25, -0.2) is 33.7 Å². The van der Waals surface area contributed by atoms with Crippen LogP contribution < -0.4 is 0 Å². The van der Waals surface area contributed by atoms with Crippen LogP contribution >= 0.6 is 0 Å². The standard InChI is InChI=1S/C3H3F6NO4S2.C2F6NO4S2.Zn/c1-10(15(11,12)2(4,5)6)16(13,14)3(7,8)9;3-1(4,5)14(10,11)9-15(12,13)2(6,7)8;/h1H3;;/q;-1;. The molecule has 0 unspecified atom stereocenters. The largest absolute Gasteiger partial charge is 0.512 e. The molecule has 0 bridgehead atoms. The summed E-state index contributed by atoms with van der Waals surface area (Å²) in [6, 6.07) is 0. The molecule has 0 aliphatic carbocycles. The molecule has 0 heterocycles. The minimum atomic E-state index is -6.72. The SMILES string of the molecule is CN(S(=O)(=O)C(F)(F)F)S(=O)(=O)C(F)(F)F.O=S(=O)([N-]S(=O)(=O)C(F)(F)F)C(F)(F)F.[Zn]. The fourth-order valence-electron chi connectivity index (χ4n) is 0.634. The minimum Gasteiger partial charge on any atom is -0.421 e. The number of nitrogens with zero attached hydrogens (tertiary/aromatic N) is 2. The van der Waals surface area contributed by atoms with Gasteiger partial charge in [-0.2, -0.15) is 52.7 Å². The third-order valence-electron chi connectivity index (χ3n) is 2.04. The predicted octanol–water partition coefficient (Wildman–Crippen LogP) is 1.67. The van der Waals surface area contributed by atoms with Crippen LogP contribution in [-0.4, -0.2) is 66.5 Å². The van der Waals surface area contributed by atoms with Crippen LogP contribution in [0.25, 0.3) is 4.13 Å². The molecule has 0 aliphatic heterocycles. The molecule has 0 rings (SSSR count). The second-order valence-corrected chi connectivity index (χ2v) is 11.8. The van der Waals surface area contributed by atoms with Crippen molar-refractivity contribution in [1.82, 2.24) is 3.71 Å². The first kappa shape index (κ1) is 36.1. The molecule has 0 aromatic rings. The van der Waals surface area contributed by atoms with E-state index in [1.165, 1.54) is 0 Å². The van der Waals surface area contributed by atoms with Crippen LogP contribution in [0.15, 0.2) is 0 Å². The summed E-state index contributed by atoms with van der Waals surface area (Å²) in [5.41, 5.74) is -24.7. The molecule has 32 heavy (non-hydrogen) atoms. The molecule has 0 aromatic heterocycles. The summed E-state index contributed by atoms with van der Waals surface area (Å²) in [4.78, 5) is 0. The fraction of sp³-hybridized carbons (Fsp3) is 1.00. The molecule has 192 valence electrons. The van der Waals surface area contributed by atoms with Crippen molar-refractivity contribution in [2.45, 2.75) is 22.0 Å². The maximum atomic E-state index is 11.7. The van der Waals surface area contributed by atoms with Crippen molar-refractivity contribution in [2.24, 2.45) is 0 Å². The van der Waals surface area contributed by atoms with Gasteiger partial charge in [0.2, 0.25) is 0 Å². The van der Waals surface area contributed by atoms with Crippen molar-refractivity contribution < 1.29 is 106 Å². The van der Waals surface area contributed by atoms with Crippen LogP contribution in [0.5, 0.6) is 0 Å². The molecule has 0 saturated carbocycles. The van der Waals surface area contributed by atoms with Gasteiger partial charge in [-0.15, -0.1) is 0 Å². The summed E-state index contributed by atoms with van der Waals surface area (Å²) in [6.45, 7) is 0. The van der Waals surface area contributed by atoms with E-state index in [9.17, 15) is 86.4 Å². The molecule has 10 nitrogen and oxygen atoms in total. The first-order chi connectivity index (χ1) is 12.9. The Bertz CT molecular complexity index is 980. The van der Waals surface area contributed by atoms with E-state index in [1.807, 2.05) is 0 Å². The molecule has 0 aromatic carbocycles. The first-order valence-corrected chi connectivity index (χ1v) is 11.4. The molecule has 0 spiro atoms. The number of hydrogen-bond donors (Lipinski definition) is 0. The zero-order valence-corrected chi connectivity index (χ0v) is 20.3. The van der Waals surface area contributed by atoms with E-state index >= 15 is 0 Å². The predicted molar refractivity (Wildman–Crippen MR) is 71.0 cm³/mol. The Morgan fingerprint density at radius 1 is 0.500 bits per heavy atom. The smallest absolute Gasteiger partial charge is 0.421 e. The maximum absolute atomic E-state index is 11.7. The molecule has 27 heteroatoms. The van der Waals surface area contributed by atoms with Gasteiger partial charge in [0.1, 0.15) is 0 Å². The summed E-state index contributed by atoms with van der Waals surface area (Å²) in [7, 11) is -27.0. The Morgan fingerprint density at radius 3 is 0.812 bits per heavy atom. The van der Waals surface area contributed by atoms with Crippen LogP contribution in [0.3, 0.4) is 0 Å². The van der Waals surface area contributed by atoms with Crippen molar-refractivity contribution in [3.63, 3.8) is 0 Å². The number of hydrogen-bond acceptors (Lipinski definition) is 8. The fourth-order valence-corrected chi connectivity index (χ4v) is 4.47. The first-order valence-electron chi connectivity index (χ1n) is 5.60. The van der Waals surface area contributed by atoms with E-state index in [-0.39, 0.29) is 26.5 Å². The van der Waals surface area contributed by atoms with Crippen molar-refractivity contribution in [3.8, 4) is 0 Å². The van der Waals surface area contributed by atoms with Gasteiger partial charge in [0.25, 0.3) is 0 Å². The molecular weight excluding hydrogens is 638 g/mol. The summed E-state index contributed by atoms with van der Waals surface area (Å²) in [6.07, 6.45) is 0. The Hall–Kier alpha value is -0.497. The Labute approximate surface area is 182 Å². The average Bonchev–Trinajstić information content (AvgIpc) is 2.40. The molecular formula is C5H3F12N2O8S4Zn-. The van der Waals surface area contributed by atoms with Gasteiger partial charge >= 0.3 is 42.1 Å². The third-order valence-corrected chi connectivity index (χ3v) is 8.48. The zero-order chi connectivity index (χ0) is 26.3. The van der Waals surface area contributed by atoms with Crippen molar-refractivity contribution >= 4 is 40.1 Å². The Kier molecular flexibility index (Phi) is 11.3. The van der Waals surface area contributed by atoms with Gasteiger partial charge in [0.05, 0.1) is 0 Å². The van der Waals surface area contributed by atoms with Crippen LogP contribution in [0.2, 0.25) is 0 Å². The van der Waals surface area contributed by atoms with Gasteiger partial charge in [-0.1, -0.05) is 3.71 Å². The summed E-state index contributed by atoms with van der Waals surface area (Å²) < 4.78 is 219. The van der Waals surface area contributed by atoms with Gasteiger partial charge in [0, 0.05) is 26.5 Å². The topological polar surface area (TPSA) is 154 Å². The Balaban J connectivity index is -0.000000511. The van der Waals surface area contributed by atoms with Crippen LogP contribution in [0, 0.1) is 0 Å². The molecule has 0 aliphatic rings. The summed E-state index contributed by atoms with van der Waals surface area (Å²) in [5.74, 6) is 0. The van der Waals surface area contributed by atoms with E-state index in [0.29, 0.717) is 0 Å². The molecule has 0 N–H and O–H groups in total. The summed E-state index contributed by atoms with van der Waals surface area (Å²) in [5, 5.41) is 0. The van der Waals surface area contributed by atoms with Crippen molar-refractivity contribution in [3.05, 3.63) is 4.13 Å². The van der Waals surface area contributed by atoms with Crippen LogP contribution in [0.1, 0.15) is 0 Å². The van der Waals surface area contributed by atoms with E-state index in [4.69, 9.17) is 0 Å². The molecule has 0 saturated heterocycles. The van der Waals surface area contributed by atoms with Gasteiger partial charge in [0.15, 0.2) is 20.0 Å². The van der Waals surface area contributed by atoms with E-state index in [1.54, 1.807) is 0 Å². The third kappa shape index (κ3) is 8.37. The number of halogens is 12. The molecule has 0 radical (unpaired) electrons. The van der Waals surface area contributed by atoms with Crippen LogP contribution in [-0.2, 0) is 59.6 Å². The van der Waals surface area contributed by atoms with Gasteiger partial charge in [-0.3, -0.25) is 0 Å². The quantitative estimate of drug-likeness (QED) is 0.332. The van der Waals surface area contributed by atoms with Gasteiger partial charge < -0.3 is 4.13 Å². The van der Waals surface area contributed by atoms with Crippen molar-refractivity contribution in [2.75, 3.05) is 7.05 Å². The number of alkyl halides is 12. The zero-order valence-electron chi connectivity index (χ0n) is 14.0. The normalized spacial score (nSPS) is 14.9. The molecule has 0 amide bonds. The van der Waals surface area contributed by atoms with Crippen molar-refractivity contribution in [1.29, 1.82) is 0 Å².